The van der Waals surface area contributed by atoms with Crippen LogP contribution in [-0.4, -0.2) is 5.11 Å². The molecule has 0 radical (unpaired) electrons. The van der Waals surface area contributed by atoms with Gasteiger partial charge in [0, 0.05) is 5.41 Å². The number of aliphatic hydroxyl groups excluding tert-OH is 1. The van der Waals surface area contributed by atoms with E-state index >= 15 is 0 Å². The average molecular weight is 254 g/mol. The van der Waals surface area contributed by atoms with Crippen LogP contribution in [0.4, 0.5) is 0 Å². The Morgan fingerprint density at radius 3 is 1.79 bits per heavy atom. The largest absolute Gasteiger partial charge is 0.392 e. The van der Waals surface area contributed by atoms with Gasteiger partial charge < -0.3 is 5.11 Å². The molecule has 1 nitrogen and oxygen atoms in total. The van der Waals surface area contributed by atoms with E-state index in [-0.39, 0.29) is 12.0 Å². The smallest absolute Gasteiger partial charge is 0.0681 e. The van der Waals surface area contributed by atoms with E-state index < -0.39 is 0 Å². The van der Waals surface area contributed by atoms with Crippen LogP contribution in [0.25, 0.3) is 0 Å². The van der Waals surface area contributed by atoms with Gasteiger partial charge in [0.1, 0.15) is 0 Å². The minimum absolute atomic E-state index is 0.0295. The predicted molar refractivity (Wildman–Crippen MR) is 80.3 cm³/mol. The Morgan fingerprint density at radius 1 is 0.895 bits per heavy atom. The molecule has 19 heavy (non-hydrogen) atoms. The summed E-state index contributed by atoms with van der Waals surface area (Å²) in [7, 11) is 0. The number of aliphatic hydroxyl groups is 1. The first-order valence-corrected chi connectivity index (χ1v) is 6.87. The molecule has 0 bridgehead atoms. The molecule has 1 unspecified atom stereocenters. The fourth-order valence-corrected chi connectivity index (χ4v) is 2.47. The van der Waals surface area contributed by atoms with Crippen LogP contribution in [0.5, 0.6) is 0 Å². The predicted octanol–water partition coefficient (Wildman–Crippen LogP) is 4.20. The molecular formula is C18H22O. The molecule has 0 aromatic heterocycles. The molecule has 0 aliphatic carbocycles. The minimum atomic E-state index is 0.0295. The molecule has 2 aromatic rings. The molecule has 2 rings (SSSR count). The van der Waals surface area contributed by atoms with Gasteiger partial charge in [0.2, 0.25) is 0 Å². The lowest BCUT2D eigenvalue weighted by atomic mass is 9.74. The molecule has 0 heterocycles. The van der Waals surface area contributed by atoms with Crippen LogP contribution in [0.15, 0.2) is 48.5 Å². The van der Waals surface area contributed by atoms with Crippen molar-refractivity contribution in [2.45, 2.75) is 39.2 Å². The molecule has 0 amide bonds. The maximum atomic E-state index is 9.14. The van der Waals surface area contributed by atoms with E-state index in [0.29, 0.717) is 0 Å². The summed E-state index contributed by atoms with van der Waals surface area (Å²) in [6.07, 6.45) is 1.05. The van der Waals surface area contributed by atoms with E-state index in [1.165, 1.54) is 16.7 Å². The second kappa shape index (κ2) is 5.58. The third-order valence-electron chi connectivity index (χ3n) is 4.17. The molecule has 100 valence electrons. The first kappa shape index (κ1) is 13.8. The SMILES string of the molecule is CCC(C)(c1ccc(C)cc1)c1ccc(CO)cc1. The maximum Gasteiger partial charge on any atom is 0.0681 e. The van der Waals surface area contributed by atoms with Crippen molar-refractivity contribution in [1.29, 1.82) is 0 Å². The molecule has 0 aliphatic rings. The minimum Gasteiger partial charge on any atom is -0.392 e. The van der Waals surface area contributed by atoms with Crippen LogP contribution >= 0.6 is 0 Å². The molecule has 0 saturated heterocycles. The molecule has 1 N–H and O–H groups in total. The zero-order valence-electron chi connectivity index (χ0n) is 12.0. The average Bonchev–Trinajstić information content (AvgIpc) is 2.47. The highest BCUT2D eigenvalue weighted by Gasteiger charge is 2.26. The Balaban J connectivity index is 2.43. The van der Waals surface area contributed by atoms with Gasteiger partial charge in [0.15, 0.2) is 0 Å². The van der Waals surface area contributed by atoms with Gasteiger partial charge in [0.25, 0.3) is 0 Å². The van der Waals surface area contributed by atoms with E-state index in [1.807, 2.05) is 12.1 Å². The zero-order chi connectivity index (χ0) is 13.9. The first-order chi connectivity index (χ1) is 9.10. The van der Waals surface area contributed by atoms with Crippen LogP contribution in [0.1, 0.15) is 42.5 Å². The van der Waals surface area contributed by atoms with Gasteiger partial charge in [-0.25, -0.2) is 0 Å². The molecule has 0 aliphatic heterocycles. The Morgan fingerprint density at radius 2 is 1.37 bits per heavy atom. The summed E-state index contributed by atoms with van der Waals surface area (Å²) in [5.41, 5.74) is 4.93. The van der Waals surface area contributed by atoms with Crippen LogP contribution in [0.3, 0.4) is 0 Å². The Kier molecular flexibility index (Phi) is 4.06. The van der Waals surface area contributed by atoms with Gasteiger partial charge in [0.05, 0.1) is 6.61 Å². The van der Waals surface area contributed by atoms with Crippen LogP contribution in [-0.2, 0) is 12.0 Å². The van der Waals surface area contributed by atoms with Crippen molar-refractivity contribution in [2.75, 3.05) is 0 Å². The Bertz CT molecular complexity index is 525. The summed E-state index contributed by atoms with van der Waals surface area (Å²) in [5, 5.41) is 9.14. The third kappa shape index (κ3) is 2.71. The van der Waals surface area contributed by atoms with Crippen molar-refractivity contribution < 1.29 is 5.11 Å². The van der Waals surface area contributed by atoms with Gasteiger partial charge in [-0.15, -0.1) is 0 Å². The highest BCUT2D eigenvalue weighted by atomic mass is 16.3. The fraction of sp³-hybridized carbons (Fsp3) is 0.333. The van der Waals surface area contributed by atoms with E-state index in [1.54, 1.807) is 0 Å². The van der Waals surface area contributed by atoms with Gasteiger partial charge in [-0.1, -0.05) is 67.9 Å². The van der Waals surface area contributed by atoms with Gasteiger partial charge in [-0.2, -0.15) is 0 Å². The third-order valence-corrected chi connectivity index (χ3v) is 4.17. The second-order valence-corrected chi connectivity index (χ2v) is 5.41. The maximum absolute atomic E-state index is 9.14. The first-order valence-electron chi connectivity index (χ1n) is 6.87. The van der Waals surface area contributed by atoms with Gasteiger partial charge in [-0.3, -0.25) is 0 Å². The fourth-order valence-electron chi connectivity index (χ4n) is 2.47. The Labute approximate surface area is 115 Å². The summed E-state index contributed by atoms with van der Waals surface area (Å²) in [6, 6.07) is 17.1. The van der Waals surface area contributed by atoms with Crippen molar-refractivity contribution in [3.8, 4) is 0 Å². The number of benzene rings is 2. The lowest BCUT2D eigenvalue weighted by Gasteiger charge is -2.30. The molecule has 2 aromatic carbocycles. The van der Waals surface area contributed by atoms with Crippen LogP contribution in [0.2, 0.25) is 0 Å². The van der Waals surface area contributed by atoms with E-state index in [0.717, 1.165) is 12.0 Å². The summed E-state index contributed by atoms with van der Waals surface area (Å²) in [5.74, 6) is 0. The highest BCUT2D eigenvalue weighted by Crippen LogP contribution is 2.35. The summed E-state index contributed by atoms with van der Waals surface area (Å²) in [6.45, 7) is 6.72. The van der Waals surface area contributed by atoms with Crippen molar-refractivity contribution >= 4 is 0 Å². The lowest BCUT2D eigenvalue weighted by Crippen LogP contribution is -2.22. The topological polar surface area (TPSA) is 20.2 Å². The van der Waals surface area contributed by atoms with Crippen molar-refractivity contribution in [3.63, 3.8) is 0 Å². The van der Waals surface area contributed by atoms with Crippen molar-refractivity contribution in [1.82, 2.24) is 0 Å². The molecule has 0 fully saturated rings. The van der Waals surface area contributed by atoms with Crippen LogP contribution < -0.4 is 0 Å². The van der Waals surface area contributed by atoms with Crippen LogP contribution in [0, 0.1) is 6.92 Å². The summed E-state index contributed by atoms with van der Waals surface area (Å²) >= 11 is 0. The Hall–Kier alpha value is -1.60. The zero-order valence-corrected chi connectivity index (χ0v) is 12.0. The van der Waals surface area contributed by atoms with E-state index in [2.05, 4.69) is 57.2 Å². The molecule has 1 atom stereocenters. The number of hydrogen-bond acceptors (Lipinski definition) is 1. The number of hydrogen-bond donors (Lipinski definition) is 1. The second-order valence-electron chi connectivity index (χ2n) is 5.41. The summed E-state index contributed by atoms with van der Waals surface area (Å²) < 4.78 is 0. The normalized spacial score (nSPS) is 14.1. The number of aryl methyl sites for hydroxylation is 1. The molecule has 0 saturated carbocycles. The number of rotatable bonds is 4. The standard InChI is InChI=1S/C18H22O/c1-4-18(3,16-9-5-14(2)6-10-16)17-11-7-15(13-19)8-12-17/h5-12,19H,4,13H2,1-3H3. The van der Waals surface area contributed by atoms with Crippen molar-refractivity contribution in [3.05, 3.63) is 70.8 Å². The monoisotopic (exact) mass is 254 g/mol. The summed E-state index contributed by atoms with van der Waals surface area (Å²) in [4.78, 5) is 0. The quantitative estimate of drug-likeness (QED) is 0.866. The van der Waals surface area contributed by atoms with Gasteiger partial charge in [-0.05, 0) is 30.0 Å². The molecule has 1 heteroatoms. The lowest BCUT2D eigenvalue weighted by molar-refractivity contribution is 0.282. The highest BCUT2D eigenvalue weighted by molar-refractivity contribution is 5.40. The molecular weight excluding hydrogens is 232 g/mol. The van der Waals surface area contributed by atoms with E-state index in [9.17, 15) is 0 Å². The van der Waals surface area contributed by atoms with Crippen molar-refractivity contribution in [2.24, 2.45) is 0 Å². The van der Waals surface area contributed by atoms with Gasteiger partial charge >= 0.3 is 0 Å². The van der Waals surface area contributed by atoms with E-state index in [4.69, 9.17) is 5.11 Å². The molecule has 0 spiro atoms.